The van der Waals surface area contributed by atoms with E-state index < -0.39 is 0 Å². The maximum absolute atomic E-state index is 4.55. The Labute approximate surface area is 167 Å². The van der Waals surface area contributed by atoms with Crippen LogP contribution in [0.5, 0.6) is 0 Å². The highest BCUT2D eigenvalue weighted by Crippen LogP contribution is 2.39. The van der Waals surface area contributed by atoms with Gasteiger partial charge in [0.25, 0.3) is 0 Å². The summed E-state index contributed by atoms with van der Waals surface area (Å²) in [6.07, 6.45) is 9.76. The van der Waals surface area contributed by atoms with Crippen LogP contribution in [0.25, 0.3) is 16.7 Å². The van der Waals surface area contributed by atoms with E-state index in [2.05, 4.69) is 53.0 Å². The second kappa shape index (κ2) is 7.70. The predicted molar refractivity (Wildman–Crippen MR) is 115 cm³/mol. The molecular weight excluding hydrogens is 404 g/mol. The molecule has 0 aliphatic carbocycles. The molecule has 1 aliphatic heterocycles. The highest BCUT2D eigenvalue weighted by molar-refractivity contribution is 9.10. The summed E-state index contributed by atoms with van der Waals surface area (Å²) >= 11 is 3.73. The van der Waals surface area contributed by atoms with Gasteiger partial charge in [-0.3, -0.25) is 4.98 Å². The summed E-state index contributed by atoms with van der Waals surface area (Å²) in [6, 6.07) is 4.40. The van der Waals surface area contributed by atoms with Gasteiger partial charge in [0, 0.05) is 55.2 Å². The number of likely N-dealkylation sites (N-methyl/N-ethyl adjacent to an activating group) is 1. The normalized spacial score (nSPS) is 17.3. The van der Waals surface area contributed by atoms with Gasteiger partial charge < -0.3 is 20.5 Å². The molecule has 7 heteroatoms. The molecule has 140 valence electrons. The average molecular weight is 427 g/mol. The Kier molecular flexibility index (Phi) is 5.13. The minimum absolute atomic E-state index is 0.495. The van der Waals surface area contributed by atoms with E-state index in [0.29, 0.717) is 6.04 Å². The molecule has 0 unspecified atom stereocenters. The molecule has 3 aromatic rings. The fraction of sp³-hybridized carbons (Fsp3) is 0.300. The summed E-state index contributed by atoms with van der Waals surface area (Å²) in [6.45, 7) is 6.18. The third-order valence-electron chi connectivity index (χ3n) is 5.07. The first-order chi connectivity index (χ1) is 13.2. The Bertz CT molecular complexity index is 952. The number of fused-ring (bicyclic) bond motifs is 1. The fourth-order valence-corrected chi connectivity index (χ4v) is 4.21. The summed E-state index contributed by atoms with van der Waals surface area (Å²) in [4.78, 5) is 14.4. The minimum atomic E-state index is 0.495. The van der Waals surface area contributed by atoms with Gasteiger partial charge >= 0.3 is 0 Å². The molecule has 0 aromatic carbocycles. The number of nitrogens with zero attached hydrogens (tertiary/aromatic N) is 3. The van der Waals surface area contributed by atoms with Crippen LogP contribution in [0.1, 0.15) is 18.4 Å². The predicted octanol–water partition coefficient (Wildman–Crippen LogP) is 3.99. The molecule has 0 saturated carbocycles. The average Bonchev–Trinajstić information content (AvgIpc) is 3.11. The lowest BCUT2D eigenvalue weighted by Crippen LogP contribution is -2.44. The number of halogens is 1. The third-order valence-corrected chi connectivity index (χ3v) is 5.65. The quantitative estimate of drug-likeness (QED) is 0.575. The van der Waals surface area contributed by atoms with Crippen molar-refractivity contribution in [3.8, 4) is 0 Å². The number of piperidine rings is 1. The van der Waals surface area contributed by atoms with Gasteiger partial charge in [-0.25, -0.2) is 4.98 Å². The lowest BCUT2D eigenvalue weighted by molar-refractivity contribution is 0.450. The van der Waals surface area contributed by atoms with Crippen LogP contribution in [-0.2, 0) is 0 Å². The lowest BCUT2D eigenvalue weighted by Gasteiger charge is -2.35. The molecule has 6 nitrogen and oxygen atoms in total. The molecule has 27 heavy (non-hydrogen) atoms. The number of aromatic nitrogens is 3. The molecule has 3 N–H and O–H groups in total. The second-order valence-corrected chi connectivity index (χ2v) is 7.65. The van der Waals surface area contributed by atoms with E-state index in [1.165, 1.54) is 12.1 Å². The maximum atomic E-state index is 4.55. The molecule has 1 atom stereocenters. The molecule has 1 fully saturated rings. The fourth-order valence-electron chi connectivity index (χ4n) is 3.66. The third kappa shape index (κ3) is 3.57. The Morgan fingerprint density at radius 1 is 1.41 bits per heavy atom. The largest absolute Gasteiger partial charge is 0.368 e. The Morgan fingerprint density at radius 2 is 2.30 bits per heavy atom. The van der Waals surface area contributed by atoms with Gasteiger partial charge in [-0.05, 0) is 48.0 Å². The van der Waals surface area contributed by atoms with E-state index in [1.807, 2.05) is 31.6 Å². The standard InChI is InChI=1S/C20H23BrN6/c1-13(14-5-3-7-23-9-14)26-17-11-25-20-18(17)19(16(21)10-24-20)27-8-4-6-15(12-27)22-2/h3,5,7,9-11,15,22,26H,1,4,6,8,12H2,2H3,(H,24,25)/t15-/m1/s1. The van der Waals surface area contributed by atoms with Crippen molar-refractivity contribution in [2.24, 2.45) is 0 Å². The topological polar surface area (TPSA) is 68.9 Å². The number of nitrogens with one attached hydrogen (secondary N) is 3. The lowest BCUT2D eigenvalue weighted by atomic mass is 10.0. The summed E-state index contributed by atoms with van der Waals surface area (Å²) in [5, 5.41) is 7.94. The van der Waals surface area contributed by atoms with E-state index >= 15 is 0 Å². The van der Waals surface area contributed by atoms with Crippen molar-refractivity contribution in [2.45, 2.75) is 18.9 Å². The van der Waals surface area contributed by atoms with Gasteiger partial charge in [0.2, 0.25) is 0 Å². The molecule has 4 rings (SSSR count). The van der Waals surface area contributed by atoms with Crippen molar-refractivity contribution in [3.63, 3.8) is 0 Å². The Balaban J connectivity index is 1.72. The number of rotatable bonds is 5. The summed E-state index contributed by atoms with van der Waals surface area (Å²) < 4.78 is 1.00. The zero-order valence-corrected chi connectivity index (χ0v) is 16.9. The Morgan fingerprint density at radius 3 is 3.07 bits per heavy atom. The zero-order valence-electron chi connectivity index (χ0n) is 15.3. The van der Waals surface area contributed by atoms with Gasteiger partial charge in [-0.15, -0.1) is 0 Å². The smallest absolute Gasteiger partial charge is 0.141 e. The van der Waals surface area contributed by atoms with Crippen LogP contribution >= 0.6 is 15.9 Å². The maximum Gasteiger partial charge on any atom is 0.141 e. The second-order valence-electron chi connectivity index (χ2n) is 6.80. The van der Waals surface area contributed by atoms with Crippen LogP contribution in [0.15, 0.2) is 48.0 Å². The van der Waals surface area contributed by atoms with Gasteiger partial charge in [0.15, 0.2) is 0 Å². The molecule has 0 amide bonds. The van der Waals surface area contributed by atoms with Gasteiger partial charge in [0.1, 0.15) is 5.65 Å². The Hall–Kier alpha value is -2.38. The first-order valence-corrected chi connectivity index (χ1v) is 9.91. The van der Waals surface area contributed by atoms with E-state index in [4.69, 9.17) is 0 Å². The van der Waals surface area contributed by atoms with Gasteiger partial charge in [-0.1, -0.05) is 6.58 Å². The number of pyridine rings is 2. The molecular formula is C20H23BrN6. The number of anilines is 2. The van der Waals surface area contributed by atoms with Crippen molar-refractivity contribution in [1.82, 2.24) is 20.3 Å². The van der Waals surface area contributed by atoms with E-state index in [-0.39, 0.29) is 0 Å². The SMILES string of the molecule is C=C(Nc1c[nH]c2ncc(Br)c(N3CCC[C@@H](NC)C3)c12)c1cccnc1. The first kappa shape index (κ1) is 18.0. The zero-order chi connectivity index (χ0) is 18.8. The van der Waals surface area contributed by atoms with Crippen LogP contribution in [0, 0.1) is 0 Å². The molecule has 0 spiro atoms. The van der Waals surface area contributed by atoms with Crippen molar-refractivity contribution in [1.29, 1.82) is 0 Å². The molecule has 4 heterocycles. The van der Waals surface area contributed by atoms with Crippen LogP contribution in [-0.4, -0.2) is 41.1 Å². The van der Waals surface area contributed by atoms with Gasteiger partial charge in [0.05, 0.1) is 21.2 Å². The van der Waals surface area contributed by atoms with Crippen LogP contribution in [0.4, 0.5) is 11.4 Å². The number of H-pyrrole nitrogens is 1. The van der Waals surface area contributed by atoms with E-state index in [0.717, 1.165) is 52.0 Å². The summed E-state index contributed by atoms with van der Waals surface area (Å²) in [7, 11) is 2.03. The highest BCUT2D eigenvalue weighted by Gasteiger charge is 2.24. The summed E-state index contributed by atoms with van der Waals surface area (Å²) in [5.41, 5.74) is 4.77. The van der Waals surface area contributed by atoms with Crippen LogP contribution < -0.4 is 15.5 Å². The molecule has 1 aliphatic rings. The van der Waals surface area contributed by atoms with Crippen molar-refractivity contribution in [2.75, 3.05) is 30.4 Å². The minimum Gasteiger partial charge on any atom is -0.368 e. The summed E-state index contributed by atoms with van der Waals surface area (Å²) in [5.74, 6) is 0. The van der Waals surface area contributed by atoms with Crippen molar-refractivity contribution < 1.29 is 0 Å². The van der Waals surface area contributed by atoms with E-state index in [1.54, 1.807) is 12.4 Å². The first-order valence-electron chi connectivity index (χ1n) is 9.11. The molecule has 3 aromatic heterocycles. The monoisotopic (exact) mass is 426 g/mol. The number of hydrogen-bond donors (Lipinski definition) is 3. The molecule has 0 bridgehead atoms. The van der Waals surface area contributed by atoms with Crippen molar-refractivity contribution >= 4 is 44.0 Å². The number of aromatic amines is 1. The van der Waals surface area contributed by atoms with Crippen molar-refractivity contribution in [3.05, 3.63) is 53.5 Å². The number of hydrogen-bond acceptors (Lipinski definition) is 5. The molecule has 0 radical (unpaired) electrons. The van der Waals surface area contributed by atoms with Gasteiger partial charge in [-0.2, -0.15) is 0 Å². The van der Waals surface area contributed by atoms with Crippen LogP contribution in [0.3, 0.4) is 0 Å². The van der Waals surface area contributed by atoms with Crippen LogP contribution in [0.2, 0.25) is 0 Å². The molecule has 1 saturated heterocycles. The highest BCUT2D eigenvalue weighted by atomic mass is 79.9. The van der Waals surface area contributed by atoms with E-state index in [9.17, 15) is 0 Å².